The standard InChI is InChI=1S/C55H96N12O18/c1-31(2)36(50(75)76)63-54(79)64-37(33-18-21-59-53(57)60-33)48(74)62-38(40(69)32(3)4)47(73)58-20-17-23-65(22-15-13-11-9-7-8-10-12-14-16-25-67(5)26-28-82-29-27-67)39(51(77)78)44(85-52-46(81-6)41(70)34(30-56)83-52)45-42(71)43(72)49(84-45)66-24-19-35(68)61-55(66)80/h19,24,31-34,36-46,49,52,69-72H,7-18,20-23,25-30,56H2,1-6H3,(H9-,57,58,59,60,61,62,63,64,68,73,74,75,76,77,78,79,80)/p+1/t33?,34-,36?,37?,38?,39?,40?,41+,42-,43-,44-,45+,46+,49-,52?/m1/s1. The largest absolute Gasteiger partial charge is 0.480 e. The Balaban J connectivity index is 1.35. The molecule has 16 N–H and O–H groups in total. The number of morpholine rings is 1. The number of likely N-dealkylation sites (N-methyl/N-ethyl adjacent to an activating group) is 1. The zero-order valence-electron chi connectivity index (χ0n) is 50.0. The van der Waals surface area contributed by atoms with Crippen LogP contribution in [0.15, 0.2) is 21.9 Å². The molecule has 30 nitrogen and oxygen atoms in total. The van der Waals surface area contributed by atoms with Crippen LogP contribution in [0.2, 0.25) is 0 Å². The normalized spacial score (nSPS) is 26.2. The van der Waals surface area contributed by atoms with E-state index >= 15 is 0 Å². The molecule has 30 heteroatoms. The van der Waals surface area contributed by atoms with Crippen molar-refractivity contribution >= 4 is 35.7 Å². The maximum absolute atomic E-state index is 14.2. The molecular formula is C55H97N12O18+. The molecule has 0 spiro atoms. The monoisotopic (exact) mass is 1210 g/mol. The predicted octanol–water partition coefficient (Wildman–Crippen LogP) is -2.60. The van der Waals surface area contributed by atoms with Crippen LogP contribution in [-0.2, 0) is 42.9 Å². The first-order chi connectivity index (χ1) is 40.4. The maximum atomic E-state index is 14.2. The van der Waals surface area contributed by atoms with E-state index in [2.05, 4.69) is 43.9 Å². The molecule has 0 aromatic carbocycles. The number of urea groups is 1. The molecule has 7 unspecified atom stereocenters. The van der Waals surface area contributed by atoms with Gasteiger partial charge < -0.3 is 96.4 Å². The number of hydrogen-bond donors (Lipinski definition) is 15. The molecule has 5 rings (SSSR count). The number of methoxy groups -OCH3 is 1. The molecule has 484 valence electrons. The number of hydrogen-bond acceptors (Lipinski definition) is 19. The minimum absolute atomic E-state index is 0.0279. The third-order valence-electron chi connectivity index (χ3n) is 16.5. The molecular weight excluding hydrogens is 1120 g/mol. The van der Waals surface area contributed by atoms with Gasteiger partial charge in [0.15, 0.2) is 18.5 Å². The second kappa shape index (κ2) is 34.2. The van der Waals surface area contributed by atoms with Crippen LogP contribution in [0, 0.1) is 17.2 Å². The molecule has 4 amide bonds. The summed E-state index contributed by atoms with van der Waals surface area (Å²) in [5, 5.41) is 90.6. The van der Waals surface area contributed by atoms with Gasteiger partial charge in [-0.3, -0.25) is 39.0 Å². The molecule has 0 radical (unpaired) electrons. The molecule has 1 aromatic heterocycles. The number of aliphatic hydroxyl groups is 4. The number of aromatic amines is 1. The van der Waals surface area contributed by atoms with Gasteiger partial charge >= 0.3 is 23.7 Å². The van der Waals surface area contributed by atoms with Crippen molar-refractivity contribution in [2.24, 2.45) is 17.6 Å². The molecule has 1 aromatic rings. The lowest BCUT2D eigenvalue weighted by atomic mass is 9.96. The van der Waals surface area contributed by atoms with Crippen molar-refractivity contribution in [3.05, 3.63) is 33.1 Å². The number of quaternary nitrogens is 1. The number of H-pyrrole nitrogens is 1. The Bertz CT molecular complexity index is 2410. The van der Waals surface area contributed by atoms with Crippen molar-refractivity contribution in [1.29, 1.82) is 5.41 Å². The molecule has 85 heavy (non-hydrogen) atoms. The SMILES string of the molecule is CO[C@@H]1C(O[C@H](C(C(=O)O)N(CCCCCCCCCCCC[N+]2(C)CCOCC2)CCCNC(=O)C(NC(=O)C(NC(=O)NC(C(=O)O)C(C)C)C2CCNC(=N)N2)C(O)C(C)C)[C@H]2O[C@@H](n3ccc(=O)[nH]c3=O)[C@H](O)[C@H]2O)O[C@H](CN)[C@@H]1O. The summed E-state index contributed by atoms with van der Waals surface area (Å²) in [5.41, 5.74) is 4.16. The van der Waals surface area contributed by atoms with E-state index in [1.807, 2.05) is 0 Å². The Kier molecular flexibility index (Phi) is 28.4. The van der Waals surface area contributed by atoms with Gasteiger partial charge in [0.1, 0.15) is 80.0 Å². The highest BCUT2D eigenvalue weighted by Gasteiger charge is 2.55. The van der Waals surface area contributed by atoms with Gasteiger partial charge in [0.05, 0.1) is 39.0 Å². The molecule has 4 fully saturated rings. The van der Waals surface area contributed by atoms with E-state index < -0.39 is 144 Å². The third kappa shape index (κ3) is 20.3. The molecule has 4 aliphatic heterocycles. The molecule has 0 saturated carbocycles. The second-order valence-corrected chi connectivity index (χ2v) is 23.7. The van der Waals surface area contributed by atoms with Crippen LogP contribution in [0.5, 0.6) is 0 Å². The summed E-state index contributed by atoms with van der Waals surface area (Å²) in [4.78, 5) is 96.2. The summed E-state index contributed by atoms with van der Waals surface area (Å²) in [6.45, 7) is 11.1. The number of nitrogens with two attached hydrogens (primary N) is 1. The first-order valence-electron chi connectivity index (χ1n) is 30.0. The Morgan fingerprint density at radius 3 is 2.05 bits per heavy atom. The maximum Gasteiger partial charge on any atom is 0.330 e. The molecule has 15 atom stereocenters. The van der Waals surface area contributed by atoms with Crippen LogP contribution in [0.25, 0.3) is 0 Å². The number of amides is 4. The van der Waals surface area contributed by atoms with Crippen molar-refractivity contribution in [3.8, 4) is 0 Å². The number of ether oxygens (including phenoxy) is 5. The van der Waals surface area contributed by atoms with Gasteiger partial charge in [0, 0.05) is 45.6 Å². The highest BCUT2D eigenvalue weighted by atomic mass is 16.7. The van der Waals surface area contributed by atoms with E-state index in [0.717, 1.165) is 92.7 Å². The van der Waals surface area contributed by atoms with Gasteiger partial charge in [-0.2, -0.15) is 0 Å². The molecule has 5 heterocycles. The lowest BCUT2D eigenvalue weighted by molar-refractivity contribution is -0.917. The average molecular weight is 1210 g/mol. The van der Waals surface area contributed by atoms with E-state index in [4.69, 9.17) is 34.8 Å². The number of nitrogens with one attached hydrogen (secondary N) is 8. The summed E-state index contributed by atoms with van der Waals surface area (Å²) in [6, 6.07) is -7.12. The number of carbonyl (C=O) groups excluding carboxylic acids is 3. The van der Waals surface area contributed by atoms with Crippen molar-refractivity contribution in [2.75, 3.05) is 79.7 Å². The van der Waals surface area contributed by atoms with Crippen LogP contribution < -0.4 is 48.9 Å². The number of carboxylic acids is 2. The average Bonchev–Trinajstić information content (AvgIpc) is 2.64. The van der Waals surface area contributed by atoms with Gasteiger partial charge in [-0.25, -0.2) is 14.4 Å². The topological polar surface area (TPSA) is 433 Å². The van der Waals surface area contributed by atoms with E-state index in [1.165, 1.54) is 20.0 Å². The third-order valence-corrected chi connectivity index (χ3v) is 16.5. The van der Waals surface area contributed by atoms with Gasteiger partial charge in [-0.15, -0.1) is 0 Å². The predicted molar refractivity (Wildman–Crippen MR) is 307 cm³/mol. The van der Waals surface area contributed by atoms with Crippen LogP contribution in [-0.4, -0.2) is 250 Å². The van der Waals surface area contributed by atoms with Crippen molar-refractivity contribution in [2.45, 2.75) is 196 Å². The van der Waals surface area contributed by atoms with E-state index in [0.29, 0.717) is 12.8 Å². The second-order valence-electron chi connectivity index (χ2n) is 23.7. The number of nitrogens with zero attached hydrogens (tertiary/aromatic N) is 3. The molecule has 4 saturated heterocycles. The lowest BCUT2D eigenvalue weighted by Gasteiger charge is -2.39. The fraction of sp³-hybridized carbons (Fsp3) is 0.818. The Labute approximate surface area is 495 Å². The number of unbranched alkanes of at least 4 members (excludes halogenated alkanes) is 9. The first kappa shape index (κ1) is 70.4. The van der Waals surface area contributed by atoms with E-state index in [1.54, 1.807) is 32.6 Å². The highest BCUT2D eigenvalue weighted by molar-refractivity contribution is 5.94. The zero-order chi connectivity index (χ0) is 62.5. The van der Waals surface area contributed by atoms with Crippen LogP contribution in [0.1, 0.15) is 111 Å². The summed E-state index contributed by atoms with van der Waals surface area (Å²) >= 11 is 0. The lowest BCUT2D eigenvalue weighted by Crippen LogP contribution is -2.67. The smallest absolute Gasteiger partial charge is 0.330 e. The van der Waals surface area contributed by atoms with Crippen molar-refractivity contribution in [1.82, 2.24) is 46.4 Å². The summed E-state index contributed by atoms with van der Waals surface area (Å²) < 4.78 is 31.5. The van der Waals surface area contributed by atoms with E-state index in [9.17, 15) is 64.2 Å². The van der Waals surface area contributed by atoms with Gasteiger partial charge in [0.2, 0.25) is 11.8 Å². The Morgan fingerprint density at radius 1 is 0.835 bits per heavy atom. The van der Waals surface area contributed by atoms with Crippen LogP contribution >= 0.6 is 0 Å². The fourth-order valence-corrected chi connectivity index (χ4v) is 11.3. The Hall–Kier alpha value is -5.38. The van der Waals surface area contributed by atoms with E-state index in [-0.39, 0.29) is 51.5 Å². The van der Waals surface area contributed by atoms with Crippen LogP contribution in [0.4, 0.5) is 4.79 Å². The highest BCUT2D eigenvalue weighted by Crippen LogP contribution is 2.36. The number of rotatable bonds is 36. The molecule has 0 aliphatic carbocycles. The first-order valence-corrected chi connectivity index (χ1v) is 30.0. The summed E-state index contributed by atoms with van der Waals surface area (Å²) in [5.74, 6) is -5.88. The molecule has 4 aliphatic rings. The van der Waals surface area contributed by atoms with Crippen molar-refractivity contribution < 1.29 is 82.8 Å². The Morgan fingerprint density at radius 2 is 1.47 bits per heavy atom. The fourth-order valence-electron chi connectivity index (χ4n) is 11.3. The van der Waals surface area contributed by atoms with Gasteiger partial charge in [-0.1, -0.05) is 72.6 Å². The quantitative estimate of drug-likeness (QED) is 0.0242. The van der Waals surface area contributed by atoms with Crippen LogP contribution in [0.3, 0.4) is 0 Å². The number of carboxylic acid groups (broad SMARTS) is 2. The minimum Gasteiger partial charge on any atom is -0.480 e. The number of aliphatic carboxylic acids is 2. The number of guanidine groups is 1. The summed E-state index contributed by atoms with van der Waals surface area (Å²) in [6.07, 6.45) is -4.67. The van der Waals surface area contributed by atoms with Gasteiger partial charge in [-0.05, 0) is 50.5 Å². The number of carbonyl (C=O) groups is 5. The summed E-state index contributed by atoms with van der Waals surface area (Å²) in [7, 11) is 3.56. The zero-order valence-corrected chi connectivity index (χ0v) is 50.0. The van der Waals surface area contributed by atoms with Crippen molar-refractivity contribution in [3.63, 3.8) is 0 Å². The minimum atomic E-state index is -1.92. The number of aromatic nitrogens is 2. The number of aliphatic hydroxyl groups excluding tert-OH is 4. The molecule has 0 bridgehead atoms. The van der Waals surface area contributed by atoms with Gasteiger partial charge in [0.25, 0.3) is 5.56 Å².